The van der Waals surface area contributed by atoms with Crippen LogP contribution in [0.1, 0.15) is 33.6 Å². The molecular weight excluding hydrogens is 474 g/mol. The Morgan fingerprint density at radius 3 is 2.72 bits per heavy atom. The number of rotatable bonds is 7. The normalized spacial score (nSPS) is 13.5. The van der Waals surface area contributed by atoms with Crippen LogP contribution in [0.5, 0.6) is 17.4 Å². The Morgan fingerprint density at radius 1 is 1.19 bits per heavy atom. The zero-order valence-electron chi connectivity index (χ0n) is 20.7. The molecular formula is C27H27N5O3S. The molecule has 0 unspecified atom stereocenters. The van der Waals surface area contributed by atoms with Crippen molar-refractivity contribution in [1.82, 2.24) is 15.1 Å². The Hall–Kier alpha value is -3.87. The second kappa shape index (κ2) is 11.2. The van der Waals surface area contributed by atoms with Crippen LogP contribution in [-0.2, 0) is 0 Å². The third kappa shape index (κ3) is 5.51. The van der Waals surface area contributed by atoms with Crippen molar-refractivity contribution in [2.75, 3.05) is 38.8 Å². The largest absolute Gasteiger partial charge is 0.493 e. The number of nitriles is 1. The summed E-state index contributed by atoms with van der Waals surface area (Å²) in [7, 11) is 3.55. The lowest BCUT2D eigenvalue weighted by molar-refractivity contribution is 0.102. The highest BCUT2D eigenvalue weighted by molar-refractivity contribution is 7.98. The van der Waals surface area contributed by atoms with Gasteiger partial charge in [0.05, 0.1) is 24.4 Å². The van der Waals surface area contributed by atoms with Gasteiger partial charge < -0.3 is 19.7 Å². The van der Waals surface area contributed by atoms with E-state index in [-0.39, 0.29) is 11.8 Å². The Labute approximate surface area is 214 Å². The minimum absolute atomic E-state index is 0.0614. The van der Waals surface area contributed by atoms with E-state index in [0.29, 0.717) is 39.6 Å². The first kappa shape index (κ1) is 25.2. The molecule has 0 atom stereocenters. The molecule has 0 aliphatic carbocycles. The fourth-order valence-corrected chi connectivity index (χ4v) is 4.41. The van der Waals surface area contributed by atoms with Crippen LogP contribution in [0.2, 0.25) is 0 Å². The van der Waals surface area contributed by atoms with Crippen LogP contribution in [-0.4, -0.2) is 54.5 Å². The number of carbonyl (C=O) groups is 1. The fraction of sp³-hybridized carbons (Fsp3) is 0.259. The molecule has 0 spiro atoms. The SMILES string of the molecule is COc1cc(C#N)ccc1Oc1nnc(C2=CCN(C)CC2)c(C)c1C(=O)Nc1cccc(SC)c1. The van der Waals surface area contributed by atoms with Gasteiger partial charge >= 0.3 is 0 Å². The monoisotopic (exact) mass is 501 g/mol. The lowest BCUT2D eigenvalue weighted by Crippen LogP contribution is -2.24. The van der Waals surface area contributed by atoms with Crippen molar-refractivity contribution >= 4 is 28.9 Å². The molecule has 2 heterocycles. The highest BCUT2D eigenvalue weighted by Crippen LogP contribution is 2.35. The Kier molecular flexibility index (Phi) is 7.88. The van der Waals surface area contributed by atoms with Gasteiger partial charge in [-0.05, 0) is 68.1 Å². The van der Waals surface area contributed by atoms with Gasteiger partial charge in [0.2, 0.25) is 0 Å². The molecule has 1 amide bonds. The van der Waals surface area contributed by atoms with E-state index >= 15 is 0 Å². The number of aromatic nitrogens is 2. The summed E-state index contributed by atoms with van der Waals surface area (Å²) in [4.78, 5) is 16.9. The summed E-state index contributed by atoms with van der Waals surface area (Å²) < 4.78 is 11.5. The summed E-state index contributed by atoms with van der Waals surface area (Å²) in [5.41, 5.74) is 3.81. The lowest BCUT2D eigenvalue weighted by atomic mass is 9.98. The summed E-state index contributed by atoms with van der Waals surface area (Å²) in [6.07, 6.45) is 4.91. The Morgan fingerprint density at radius 2 is 2.03 bits per heavy atom. The lowest BCUT2D eigenvalue weighted by Gasteiger charge is -2.23. The average Bonchev–Trinajstić information content (AvgIpc) is 2.89. The number of anilines is 1. The van der Waals surface area contributed by atoms with Gasteiger partial charge in [-0.15, -0.1) is 22.0 Å². The molecule has 0 saturated heterocycles. The van der Waals surface area contributed by atoms with Gasteiger partial charge in [0.25, 0.3) is 11.8 Å². The third-order valence-corrected chi connectivity index (χ3v) is 6.68. The van der Waals surface area contributed by atoms with E-state index in [1.165, 1.54) is 7.11 Å². The number of benzene rings is 2. The predicted molar refractivity (Wildman–Crippen MR) is 141 cm³/mol. The number of hydrogen-bond donors (Lipinski definition) is 1. The summed E-state index contributed by atoms with van der Waals surface area (Å²) in [6.45, 7) is 3.57. The average molecular weight is 502 g/mol. The number of nitrogens with one attached hydrogen (secondary N) is 1. The zero-order valence-corrected chi connectivity index (χ0v) is 21.5. The molecule has 2 aromatic carbocycles. The molecule has 0 fully saturated rings. The summed E-state index contributed by atoms with van der Waals surface area (Å²) in [6, 6.07) is 14.5. The Bertz CT molecular complexity index is 1370. The van der Waals surface area contributed by atoms with Crippen LogP contribution in [0.15, 0.2) is 53.4 Å². The van der Waals surface area contributed by atoms with E-state index in [9.17, 15) is 10.1 Å². The van der Waals surface area contributed by atoms with Crippen LogP contribution in [0.4, 0.5) is 5.69 Å². The topological polar surface area (TPSA) is 100 Å². The molecule has 184 valence electrons. The molecule has 1 N–H and O–H groups in total. The van der Waals surface area contributed by atoms with Crippen molar-refractivity contribution in [3.05, 3.63) is 70.9 Å². The smallest absolute Gasteiger partial charge is 0.261 e. The van der Waals surface area contributed by atoms with Crippen LogP contribution >= 0.6 is 11.8 Å². The van der Waals surface area contributed by atoms with E-state index in [4.69, 9.17) is 9.47 Å². The van der Waals surface area contributed by atoms with Crippen LogP contribution < -0.4 is 14.8 Å². The van der Waals surface area contributed by atoms with Crippen molar-refractivity contribution in [3.63, 3.8) is 0 Å². The molecule has 0 radical (unpaired) electrons. The van der Waals surface area contributed by atoms with Crippen molar-refractivity contribution < 1.29 is 14.3 Å². The maximum Gasteiger partial charge on any atom is 0.261 e. The standard InChI is InChI=1S/C27H27N5O3S/c1-17-24(26(33)29-20-6-5-7-21(15-20)36-4)27(31-30-25(17)19-10-12-32(2)13-11-19)35-22-9-8-18(16-28)14-23(22)34-3/h5-10,14-15H,11-13H2,1-4H3,(H,29,33). The molecule has 1 aliphatic heterocycles. The number of likely N-dealkylation sites (N-methyl/N-ethyl adjacent to an activating group) is 1. The summed E-state index contributed by atoms with van der Waals surface area (Å²) >= 11 is 1.60. The van der Waals surface area contributed by atoms with E-state index < -0.39 is 0 Å². The predicted octanol–water partition coefficient (Wildman–Crippen LogP) is 5.15. The van der Waals surface area contributed by atoms with Gasteiger partial charge in [0.1, 0.15) is 5.56 Å². The van der Waals surface area contributed by atoms with Crippen molar-refractivity contribution in [2.45, 2.75) is 18.2 Å². The van der Waals surface area contributed by atoms with Crippen LogP contribution in [0, 0.1) is 18.3 Å². The van der Waals surface area contributed by atoms with Gasteiger partial charge in [0, 0.05) is 29.7 Å². The first-order chi connectivity index (χ1) is 17.4. The van der Waals surface area contributed by atoms with Gasteiger partial charge in [-0.3, -0.25) is 4.79 Å². The molecule has 36 heavy (non-hydrogen) atoms. The van der Waals surface area contributed by atoms with Gasteiger partial charge in [-0.1, -0.05) is 12.1 Å². The number of hydrogen-bond acceptors (Lipinski definition) is 8. The number of nitrogens with zero attached hydrogens (tertiary/aromatic N) is 4. The maximum absolute atomic E-state index is 13.6. The first-order valence-electron chi connectivity index (χ1n) is 11.4. The van der Waals surface area contributed by atoms with Gasteiger partial charge in [-0.2, -0.15) is 5.26 Å². The summed E-state index contributed by atoms with van der Waals surface area (Å²) in [5.74, 6) is 0.397. The first-order valence-corrected chi connectivity index (χ1v) is 12.6. The fourth-order valence-electron chi connectivity index (χ4n) is 3.95. The van der Waals surface area contributed by atoms with Crippen molar-refractivity contribution in [3.8, 4) is 23.4 Å². The molecule has 9 heteroatoms. The maximum atomic E-state index is 13.6. The molecule has 0 bridgehead atoms. The third-order valence-electron chi connectivity index (χ3n) is 5.96. The van der Waals surface area contributed by atoms with Gasteiger partial charge in [-0.25, -0.2) is 0 Å². The molecule has 1 aliphatic rings. The number of ether oxygens (including phenoxy) is 2. The highest BCUT2D eigenvalue weighted by atomic mass is 32.2. The van der Waals surface area contributed by atoms with E-state index in [2.05, 4.69) is 39.6 Å². The number of thioether (sulfide) groups is 1. The minimum atomic E-state index is -0.349. The van der Waals surface area contributed by atoms with Gasteiger partial charge in [0.15, 0.2) is 11.5 Å². The van der Waals surface area contributed by atoms with E-state index in [1.807, 2.05) is 37.4 Å². The van der Waals surface area contributed by atoms with Crippen molar-refractivity contribution in [1.29, 1.82) is 5.26 Å². The van der Waals surface area contributed by atoms with E-state index in [1.54, 1.807) is 30.0 Å². The quantitative estimate of drug-likeness (QED) is 0.444. The highest BCUT2D eigenvalue weighted by Gasteiger charge is 2.25. The molecule has 3 aromatic rings. The summed E-state index contributed by atoms with van der Waals surface area (Å²) in [5, 5.41) is 21.0. The second-order valence-electron chi connectivity index (χ2n) is 8.36. The van der Waals surface area contributed by atoms with Crippen LogP contribution in [0.3, 0.4) is 0 Å². The number of amides is 1. The van der Waals surface area contributed by atoms with Crippen molar-refractivity contribution in [2.24, 2.45) is 0 Å². The molecule has 0 saturated carbocycles. The number of methoxy groups -OCH3 is 1. The van der Waals surface area contributed by atoms with Crippen LogP contribution in [0.25, 0.3) is 5.57 Å². The second-order valence-corrected chi connectivity index (χ2v) is 9.24. The molecule has 4 rings (SSSR count). The number of carbonyl (C=O) groups excluding carboxylic acids is 1. The van der Waals surface area contributed by atoms with E-state index in [0.717, 1.165) is 30.0 Å². The molecule has 8 nitrogen and oxygen atoms in total. The Balaban J connectivity index is 1.77. The zero-order chi connectivity index (χ0) is 25.7. The molecule has 1 aromatic heterocycles. The minimum Gasteiger partial charge on any atom is -0.493 e.